The van der Waals surface area contributed by atoms with Gasteiger partial charge in [-0.15, -0.1) is 0 Å². The highest BCUT2D eigenvalue weighted by molar-refractivity contribution is 7.80. The summed E-state index contributed by atoms with van der Waals surface area (Å²) in [5.74, 6) is 0.214. The van der Waals surface area contributed by atoms with Gasteiger partial charge < -0.3 is 11.1 Å². The molecule has 0 spiro atoms. The molecule has 0 aromatic carbocycles. The highest BCUT2D eigenvalue weighted by Gasteiger charge is 2.21. The third-order valence-corrected chi connectivity index (χ3v) is 3.56. The van der Waals surface area contributed by atoms with Crippen LogP contribution in [0.1, 0.15) is 40.5 Å². The van der Waals surface area contributed by atoms with Crippen molar-refractivity contribution in [3.63, 3.8) is 0 Å². The minimum absolute atomic E-state index is 0.0837. The number of carbonyl (C=O) groups is 1. The Hall–Kier alpha value is -0.680. The summed E-state index contributed by atoms with van der Waals surface area (Å²) in [5.41, 5.74) is 5.62. The number of hydrogen-bond donors (Lipinski definition) is 2. The Bertz CT molecular complexity index is 271. The maximum absolute atomic E-state index is 12.0. The van der Waals surface area contributed by atoms with Gasteiger partial charge in [0.15, 0.2) is 0 Å². The fourth-order valence-electron chi connectivity index (χ4n) is 1.70. The third-order valence-electron chi connectivity index (χ3n) is 3.16. The minimum Gasteiger partial charge on any atom is -0.393 e. The van der Waals surface area contributed by atoms with Crippen molar-refractivity contribution in [3.05, 3.63) is 0 Å². The number of nitrogens with zero attached hydrogens (tertiary/aromatic N) is 1. The molecule has 0 saturated carbocycles. The molecule has 0 aliphatic carbocycles. The molecule has 2 atom stereocenters. The lowest BCUT2D eigenvalue weighted by Crippen LogP contribution is -2.47. The van der Waals surface area contributed by atoms with Gasteiger partial charge in [0.2, 0.25) is 5.91 Å². The Kier molecular flexibility index (Phi) is 8.93. The van der Waals surface area contributed by atoms with E-state index < -0.39 is 0 Å². The van der Waals surface area contributed by atoms with Crippen LogP contribution in [0.2, 0.25) is 0 Å². The summed E-state index contributed by atoms with van der Waals surface area (Å²) in [6.07, 6.45) is 2.11. The summed E-state index contributed by atoms with van der Waals surface area (Å²) in [4.78, 5) is 14.6. The molecule has 106 valence electrons. The number of hydrogen-bond acceptors (Lipinski definition) is 3. The zero-order valence-electron chi connectivity index (χ0n) is 12.0. The molecule has 0 heterocycles. The molecule has 0 rings (SSSR count). The lowest BCUT2D eigenvalue weighted by molar-refractivity contribution is -0.125. The van der Waals surface area contributed by atoms with E-state index in [1.807, 2.05) is 20.8 Å². The topological polar surface area (TPSA) is 58.4 Å². The first-order valence-corrected chi connectivity index (χ1v) is 7.15. The standard InChI is InChI=1S/C13H27N3OS/c1-5-7-8-15-13(17)11(4)16(6-2)9-10(3)12(14)18/h10-11H,5-9H2,1-4H3,(H2,14,18)(H,15,17). The molecule has 0 aliphatic heterocycles. The predicted octanol–water partition coefficient (Wildman–Crippen LogP) is 1.54. The Morgan fingerprint density at radius 3 is 2.44 bits per heavy atom. The van der Waals surface area contributed by atoms with Crippen LogP contribution in [0.4, 0.5) is 0 Å². The van der Waals surface area contributed by atoms with E-state index in [0.717, 1.165) is 32.5 Å². The Balaban J connectivity index is 4.28. The number of nitrogens with two attached hydrogens (primary N) is 1. The lowest BCUT2D eigenvalue weighted by Gasteiger charge is -2.29. The lowest BCUT2D eigenvalue weighted by atomic mass is 10.1. The van der Waals surface area contributed by atoms with Gasteiger partial charge in [-0.1, -0.05) is 39.4 Å². The summed E-state index contributed by atoms with van der Waals surface area (Å²) in [7, 11) is 0. The van der Waals surface area contributed by atoms with E-state index in [4.69, 9.17) is 18.0 Å². The van der Waals surface area contributed by atoms with Crippen LogP contribution < -0.4 is 11.1 Å². The second-order valence-corrected chi connectivity index (χ2v) is 5.18. The Morgan fingerprint density at radius 2 is 2.00 bits per heavy atom. The van der Waals surface area contributed by atoms with Crippen molar-refractivity contribution in [1.82, 2.24) is 10.2 Å². The molecule has 3 N–H and O–H groups in total. The molecule has 2 unspecified atom stereocenters. The van der Waals surface area contributed by atoms with Crippen molar-refractivity contribution < 1.29 is 4.79 Å². The maximum Gasteiger partial charge on any atom is 0.237 e. The number of rotatable bonds is 9. The second kappa shape index (κ2) is 9.28. The van der Waals surface area contributed by atoms with Gasteiger partial charge in [0.05, 0.1) is 11.0 Å². The van der Waals surface area contributed by atoms with Crippen molar-refractivity contribution in [2.24, 2.45) is 11.7 Å². The Labute approximate surface area is 116 Å². The predicted molar refractivity (Wildman–Crippen MR) is 80.6 cm³/mol. The van der Waals surface area contributed by atoms with E-state index in [1.54, 1.807) is 0 Å². The van der Waals surface area contributed by atoms with E-state index in [2.05, 4.69) is 17.1 Å². The summed E-state index contributed by atoms with van der Waals surface area (Å²) >= 11 is 4.97. The van der Waals surface area contributed by atoms with Crippen molar-refractivity contribution in [2.75, 3.05) is 19.6 Å². The monoisotopic (exact) mass is 273 g/mol. The summed E-state index contributed by atoms with van der Waals surface area (Å²) in [6.45, 7) is 10.4. The van der Waals surface area contributed by atoms with E-state index >= 15 is 0 Å². The first kappa shape index (κ1) is 17.3. The number of nitrogens with one attached hydrogen (secondary N) is 1. The smallest absolute Gasteiger partial charge is 0.237 e. The maximum atomic E-state index is 12.0. The molecule has 4 nitrogen and oxygen atoms in total. The van der Waals surface area contributed by atoms with Crippen LogP contribution in [-0.2, 0) is 4.79 Å². The third kappa shape index (κ3) is 6.31. The molecule has 0 aromatic heterocycles. The van der Waals surface area contributed by atoms with Gasteiger partial charge in [0.1, 0.15) is 0 Å². The molecule has 5 heteroatoms. The van der Waals surface area contributed by atoms with Gasteiger partial charge >= 0.3 is 0 Å². The van der Waals surface area contributed by atoms with Crippen molar-refractivity contribution >= 4 is 23.1 Å². The van der Waals surface area contributed by atoms with Gasteiger partial charge in [-0.05, 0) is 19.9 Å². The van der Waals surface area contributed by atoms with Gasteiger partial charge in [0, 0.05) is 19.0 Å². The fourth-order valence-corrected chi connectivity index (χ4v) is 1.78. The Morgan fingerprint density at radius 1 is 1.39 bits per heavy atom. The van der Waals surface area contributed by atoms with Crippen molar-refractivity contribution in [3.8, 4) is 0 Å². The molecular weight excluding hydrogens is 246 g/mol. The number of amides is 1. The molecule has 0 radical (unpaired) electrons. The second-order valence-electron chi connectivity index (χ2n) is 4.71. The van der Waals surface area contributed by atoms with Gasteiger partial charge in [-0.25, -0.2) is 0 Å². The average molecular weight is 273 g/mol. The van der Waals surface area contributed by atoms with Crippen LogP contribution in [-0.4, -0.2) is 41.5 Å². The number of thiocarbonyl (C=S) groups is 1. The highest BCUT2D eigenvalue weighted by atomic mass is 32.1. The summed E-state index contributed by atoms with van der Waals surface area (Å²) in [5, 5.41) is 2.96. The molecule has 0 saturated heterocycles. The average Bonchev–Trinajstić information content (AvgIpc) is 2.34. The normalized spacial score (nSPS) is 14.3. The van der Waals surface area contributed by atoms with E-state index in [9.17, 15) is 4.79 Å². The largest absolute Gasteiger partial charge is 0.393 e. The first-order chi connectivity index (χ1) is 8.43. The van der Waals surface area contributed by atoms with E-state index in [-0.39, 0.29) is 17.9 Å². The molecular formula is C13H27N3OS. The highest BCUT2D eigenvalue weighted by Crippen LogP contribution is 2.05. The number of unbranched alkanes of at least 4 members (excludes halogenated alkanes) is 1. The minimum atomic E-state index is -0.136. The zero-order valence-corrected chi connectivity index (χ0v) is 12.8. The SMILES string of the molecule is CCCCNC(=O)C(C)N(CC)CC(C)C(N)=S. The van der Waals surface area contributed by atoms with Crippen LogP contribution in [0.25, 0.3) is 0 Å². The molecule has 0 bridgehead atoms. The summed E-state index contributed by atoms with van der Waals surface area (Å²) < 4.78 is 0. The van der Waals surface area contributed by atoms with Crippen LogP contribution in [0.5, 0.6) is 0 Å². The molecule has 0 aromatic rings. The van der Waals surface area contributed by atoms with E-state index in [0.29, 0.717) is 4.99 Å². The number of carbonyl (C=O) groups excluding carboxylic acids is 1. The van der Waals surface area contributed by atoms with Crippen molar-refractivity contribution in [1.29, 1.82) is 0 Å². The molecule has 0 fully saturated rings. The van der Waals surface area contributed by atoms with Crippen molar-refractivity contribution in [2.45, 2.75) is 46.6 Å². The van der Waals surface area contributed by atoms with Crippen LogP contribution in [0, 0.1) is 5.92 Å². The van der Waals surface area contributed by atoms with Crippen LogP contribution in [0.15, 0.2) is 0 Å². The van der Waals surface area contributed by atoms with Gasteiger partial charge in [0.25, 0.3) is 0 Å². The van der Waals surface area contributed by atoms with Gasteiger partial charge in [-0.3, -0.25) is 9.69 Å². The molecule has 1 amide bonds. The molecule has 0 aliphatic rings. The molecule has 18 heavy (non-hydrogen) atoms. The van der Waals surface area contributed by atoms with Crippen LogP contribution in [0.3, 0.4) is 0 Å². The van der Waals surface area contributed by atoms with Gasteiger partial charge in [-0.2, -0.15) is 0 Å². The fraction of sp³-hybridized carbons (Fsp3) is 0.846. The quantitative estimate of drug-likeness (QED) is 0.494. The summed E-state index contributed by atoms with van der Waals surface area (Å²) in [6, 6.07) is -0.136. The first-order valence-electron chi connectivity index (χ1n) is 6.75. The zero-order chi connectivity index (χ0) is 14.1. The van der Waals surface area contributed by atoms with Crippen LogP contribution >= 0.6 is 12.2 Å². The van der Waals surface area contributed by atoms with E-state index in [1.165, 1.54) is 0 Å². The number of likely N-dealkylation sites (N-methyl/N-ethyl adjacent to an activating group) is 1.